The molecule has 0 aliphatic carbocycles. The molecule has 0 saturated carbocycles. The van der Waals surface area contributed by atoms with Gasteiger partial charge in [-0.1, -0.05) is 158 Å². The quantitative estimate of drug-likeness (QED) is 0.155. The van der Waals surface area contributed by atoms with E-state index in [0.717, 1.165) is 50.5 Å². The fourth-order valence-corrected chi connectivity index (χ4v) is 7.73. The molecule has 254 valence electrons. The number of hydrogen-bond acceptors (Lipinski definition) is 2. The zero-order valence-electron chi connectivity index (χ0n) is 29.6. The molecule has 10 aromatic rings. The number of benzene rings is 9. The van der Waals surface area contributed by atoms with Crippen LogP contribution >= 0.6 is 0 Å². The van der Waals surface area contributed by atoms with Gasteiger partial charge in [-0.05, 0) is 104 Å². The third-order valence-electron chi connectivity index (χ3n) is 10.5. The standard InChI is InChI=1S/C52H35NO/c1-2-11-38(12-3-1)49-18-7-8-19-50(49)53(46-30-25-37(26-31-46)41-27-32-48-42(33-41)22-21-39-13-4-6-17-47(39)48)45-28-23-36(24-29-45)40-15-10-16-43(34-40)52-35-44-14-5-9-20-51(44)54-52/h1-35H. The third-order valence-corrected chi connectivity index (χ3v) is 10.5. The topological polar surface area (TPSA) is 16.4 Å². The maximum Gasteiger partial charge on any atom is 0.135 e. The van der Waals surface area contributed by atoms with Gasteiger partial charge in [-0.25, -0.2) is 0 Å². The van der Waals surface area contributed by atoms with Crippen LogP contribution in [0, 0.1) is 0 Å². The summed E-state index contributed by atoms with van der Waals surface area (Å²) in [4.78, 5) is 2.37. The first-order valence-electron chi connectivity index (χ1n) is 18.4. The summed E-state index contributed by atoms with van der Waals surface area (Å²) in [6, 6.07) is 75.9. The van der Waals surface area contributed by atoms with Crippen LogP contribution in [-0.4, -0.2) is 0 Å². The van der Waals surface area contributed by atoms with E-state index in [2.05, 4.69) is 199 Å². The zero-order valence-corrected chi connectivity index (χ0v) is 29.6. The number of furan rings is 1. The highest BCUT2D eigenvalue weighted by Gasteiger charge is 2.18. The Morgan fingerprint density at radius 1 is 0.315 bits per heavy atom. The molecule has 9 aromatic carbocycles. The van der Waals surface area contributed by atoms with Crippen molar-refractivity contribution in [2.24, 2.45) is 0 Å². The monoisotopic (exact) mass is 689 g/mol. The van der Waals surface area contributed by atoms with Gasteiger partial charge in [0, 0.05) is 27.9 Å². The molecule has 1 heterocycles. The van der Waals surface area contributed by atoms with Crippen molar-refractivity contribution >= 4 is 49.6 Å². The molecule has 0 unspecified atom stereocenters. The minimum Gasteiger partial charge on any atom is -0.456 e. The van der Waals surface area contributed by atoms with E-state index < -0.39 is 0 Å². The van der Waals surface area contributed by atoms with E-state index in [9.17, 15) is 0 Å². The molecule has 0 bridgehead atoms. The maximum atomic E-state index is 6.21. The number of anilines is 3. The average Bonchev–Trinajstić information content (AvgIpc) is 3.69. The van der Waals surface area contributed by atoms with E-state index >= 15 is 0 Å². The summed E-state index contributed by atoms with van der Waals surface area (Å²) in [7, 11) is 0. The second-order valence-corrected chi connectivity index (χ2v) is 13.8. The van der Waals surface area contributed by atoms with Crippen molar-refractivity contribution < 1.29 is 4.42 Å². The summed E-state index contributed by atoms with van der Waals surface area (Å²) in [6.07, 6.45) is 0. The number of hydrogen-bond donors (Lipinski definition) is 0. The van der Waals surface area contributed by atoms with Crippen LogP contribution in [0.1, 0.15) is 0 Å². The van der Waals surface area contributed by atoms with Crippen LogP contribution in [-0.2, 0) is 0 Å². The number of fused-ring (bicyclic) bond motifs is 4. The molecule has 54 heavy (non-hydrogen) atoms. The van der Waals surface area contributed by atoms with Crippen molar-refractivity contribution in [3.63, 3.8) is 0 Å². The minimum atomic E-state index is 0.874. The lowest BCUT2D eigenvalue weighted by molar-refractivity contribution is 0.631. The van der Waals surface area contributed by atoms with E-state index in [1.807, 2.05) is 18.2 Å². The van der Waals surface area contributed by atoms with Crippen molar-refractivity contribution in [2.45, 2.75) is 0 Å². The first-order valence-corrected chi connectivity index (χ1v) is 18.4. The van der Waals surface area contributed by atoms with E-state index in [1.54, 1.807) is 0 Å². The largest absolute Gasteiger partial charge is 0.456 e. The molecule has 0 fully saturated rings. The van der Waals surface area contributed by atoms with E-state index in [0.29, 0.717) is 0 Å². The Labute approximate surface area is 314 Å². The normalized spacial score (nSPS) is 11.3. The van der Waals surface area contributed by atoms with Gasteiger partial charge in [0.05, 0.1) is 5.69 Å². The van der Waals surface area contributed by atoms with Crippen LogP contribution in [0.3, 0.4) is 0 Å². The SMILES string of the molecule is c1ccc(-c2ccccc2N(c2ccc(-c3cccc(-c4cc5ccccc5o4)c3)cc2)c2ccc(-c3ccc4c(ccc5ccccc54)c3)cc2)cc1. The van der Waals surface area contributed by atoms with E-state index in [-0.39, 0.29) is 0 Å². The molecule has 0 atom stereocenters. The van der Waals surface area contributed by atoms with Gasteiger partial charge in [0.15, 0.2) is 0 Å². The highest BCUT2D eigenvalue weighted by molar-refractivity contribution is 6.08. The molecule has 2 nitrogen and oxygen atoms in total. The predicted octanol–water partition coefficient (Wildman–Crippen LogP) is 14.9. The lowest BCUT2D eigenvalue weighted by Crippen LogP contribution is -2.11. The molecule has 0 radical (unpaired) electrons. The van der Waals surface area contributed by atoms with Crippen LogP contribution in [0.25, 0.3) is 77.2 Å². The second-order valence-electron chi connectivity index (χ2n) is 13.8. The van der Waals surface area contributed by atoms with E-state index in [1.165, 1.54) is 43.8 Å². The Hall–Kier alpha value is -7.16. The highest BCUT2D eigenvalue weighted by Crippen LogP contribution is 2.42. The molecule has 1 aromatic heterocycles. The zero-order chi connectivity index (χ0) is 35.8. The van der Waals surface area contributed by atoms with Crippen LogP contribution in [0.2, 0.25) is 0 Å². The summed E-state index contributed by atoms with van der Waals surface area (Å²) < 4.78 is 6.21. The summed E-state index contributed by atoms with van der Waals surface area (Å²) in [6.45, 7) is 0. The van der Waals surface area contributed by atoms with Crippen LogP contribution in [0.4, 0.5) is 17.1 Å². The van der Waals surface area contributed by atoms with Gasteiger partial charge in [-0.2, -0.15) is 0 Å². The first kappa shape index (κ1) is 31.6. The van der Waals surface area contributed by atoms with Gasteiger partial charge in [0.2, 0.25) is 0 Å². The average molecular weight is 690 g/mol. The Kier molecular flexibility index (Phi) is 7.85. The summed E-state index contributed by atoms with van der Waals surface area (Å²) in [5.74, 6) is 0.874. The van der Waals surface area contributed by atoms with Crippen molar-refractivity contribution in [3.8, 4) is 44.7 Å². The summed E-state index contributed by atoms with van der Waals surface area (Å²) in [5, 5.41) is 6.19. The van der Waals surface area contributed by atoms with Crippen molar-refractivity contribution in [1.29, 1.82) is 0 Å². The molecule has 0 aliphatic heterocycles. The third kappa shape index (κ3) is 5.81. The van der Waals surface area contributed by atoms with Crippen molar-refractivity contribution in [2.75, 3.05) is 4.90 Å². The van der Waals surface area contributed by atoms with E-state index in [4.69, 9.17) is 4.42 Å². The molecule has 2 heteroatoms. The molecule has 0 N–H and O–H groups in total. The first-order chi connectivity index (χ1) is 26.7. The summed E-state index contributed by atoms with van der Waals surface area (Å²) in [5.41, 5.74) is 12.3. The molecule has 0 aliphatic rings. The Bertz CT molecular complexity index is 2890. The number of rotatable bonds is 7. The lowest BCUT2D eigenvalue weighted by atomic mass is 9.97. The maximum absolute atomic E-state index is 6.21. The van der Waals surface area contributed by atoms with Gasteiger partial charge in [-0.15, -0.1) is 0 Å². The van der Waals surface area contributed by atoms with Gasteiger partial charge in [0.1, 0.15) is 11.3 Å². The number of para-hydroxylation sites is 2. The van der Waals surface area contributed by atoms with Crippen LogP contribution in [0.5, 0.6) is 0 Å². The molecule has 0 saturated heterocycles. The van der Waals surface area contributed by atoms with Crippen LogP contribution in [0.15, 0.2) is 217 Å². The minimum absolute atomic E-state index is 0.874. The molecule has 10 rings (SSSR count). The lowest BCUT2D eigenvalue weighted by Gasteiger charge is -2.28. The Balaban J connectivity index is 1.03. The fraction of sp³-hybridized carbons (Fsp3) is 0. The van der Waals surface area contributed by atoms with Crippen molar-refractivity contribution in [3.05, 3.63) is 212 Å². The second kappa shape index (κ2) is 13.4. The number of nitrogens with zero attached hydrogens (tertiary/aromatic N) is 1. The molecular weight excluding hydrogens is 655 g/mol. The van der Waals surface area contributed by atoms with Gasteiger partial charge in [0.25, 0.3) is 0 Å². The van der Waals surface area contributed by atoms with Gasteiger partial charge in [-0.3, -0.25) is 0 Å². The van der Waals surface area contributed by atoms with Crippen molar-refractivity contribution in [1.82, 2.24) is 0 Å². The Morgan fingerprint density at radius 3 is 1.67 bits per heavy atom. The molecular formula is C52H35NO. The molecule has 0 amide bonds. The molecule has 0 spiro atoms. The predicted molar refractivity (Wildman–Crippen MR) is 228 cm³/mol. The Morgan fingerprint density at radius 2 is 0.889 bits per heavy atom. The van der Waals surface area contributed by atoms with Gasteiger partial charge >= 0.3 is 0 Å². The fourth-order valence-electron chi connectivity index (χ4n) is 7.73. The summed E-state index contributed by atoms with van der Waals surface area (Å²) >= 11 is 0. The smallest absolute Gasteiger partial charge is 0.135 e. The van der Waals surface area contributed by atoms with Crippen LogP contribution < -0.4 is 4.90 Å². The van der Waals surface area contributed by atoms with Gasteiger partial charge < -0.3 is 9.32 Å². The highest BCUT2D eigenvalue weighted by atomic mass is 16.3.